The average molecular weight is 679 g/mol. The number of carboxylic acids is 1. The van der Waals surface area contributed by atoms with Crippen LogP contribution in [0.1, 0.15) is 73.6 Å². The topological polar surface area (TPSA) is 181 Å². The molecule has 2 amide bonds. The van der Waals surface area contributed by atoms with Gasteiger partial charge in [-0.1, -0.05) is 6.92 Å². The van der Waals surface area contributed by atoms with Crippen molar-refractivity contribution >= 4 is 53.6 Å². The van der Waals surface area contributed by atoms with Crippen LogP contribution in [0.4, 0.5) is 0 Å². The van der Waals surface area contributed by atoms with Crippen LogP contribution in [-0.2, 0) is 38.2 Å². The van der Waals surface area contributed by atoms with Gasteiger partial charge in [0.25, 0.3) is 6.47 Å². The predicted octanol–water partition coefficient (Wildman–Crippen LogP) is 1.72. The number of thioether (sulfide) groups is 2. The van der Waals surface area contributed by atoms with Gasteiger partial charge in [0.2, 0.25) is 11.8 Å². The molecule has 4 atom stereocenters. The first kappa shape index (κ1) is 41.1. The minimum Gasteiger partial charge on any atom is -0.480 e. The smallest absolute Gasteiger partial charge is 0.327 e. The molecule has 0 radical (unpaired) electrons. The van der Waals surface area contributed by atoms with Gasteiger partial charge in [-0.15, -0.1) is 0 Å². The molecule has 13 nitrogen and oxygen atoms in total. The van der Waals surface area contributed by atoms with E-state index in [-0.39, 0.29) is 72.3 Å². The van der Waals surface area contributed by atoms with Gasteiger partial charge in [0.1, 0.15) is 18.4 Å². The third-order valence-corrected chi connectivity index (χ3v) is 10.1. The van der Waals surface area contributed by atoms with Gasteiger partial charge in [0.15, 0.2) is 0 Å². The zero-order valence-corrected chi connectivity index (χ0v) is 29.2. The summed E-state index contributed by atoms with van der Waals surface area (Å²) in [6.45, 7) is 13.3. The third kappa shape index (κ3) is 19.4. The molecule has 260 valence electrons. The average Bonchev–Trinajstić information content (AvgIpc) is 2.95. The lowest BCUT2D eigenvalue weighted by atomic mass is 9.99. The highest BCUT2D eigenvalue weighted by molar-refractivity contribution is 8.04. The number of Topliss-reactive ketones (excluding diaryl/α,β-unsaturated/α-hetero) is 1. The number of carbonyl (C=O) groups excluding carboxylic acids is 4. The summed E-state index contributed by atoms with van der Waals surface area (Å²) >= 11 is 3.24. The maximum Gasteiger partial charge on any atom is 0.327 e. The molecule has 1 fully saturated rings. The Balaban J connectivity index is 2.49. The lowest BCUT2D eigenvalue weighted by Gasteiger charge is -2.37. The summed E-state index contributed by atoms with van der Waals surface area (Å²) in [5.41, 5.74) is -0.903. The van der Waals surface area contributed by atoms with Gasteiger partial charge in [-0.2, -0.15) is 23.5 Å². The standard InChI is InChI=1S/C30H54N4O9S2/c1-7-21(36)16-31-19-43-30(5,6)11-10-26(37)33-23(28(39)40)18-45-25-9-8-24(25)44-17-22(34-29(2,3)4)27(38)32-12-13-41-14-15-42-20-35/h20,22-25,31,34H,7-19H2,1-6H3,(H,32,38)(H,33,37)(H,39,40). The predicted molar refractivity (Wildman–Crippen MR) is 176 cm³/mol. The molecule has 1 aliphatic rings. The van der Waals surface area contributed by atoms with E-state index in [1.165, 1.54) is 0 Å². The normalized spacial score (nSPS) is 17.9. The lowest BCUT2D eigenvalue weighted by Crippen LogP contribution is -2.53. The first-order valence-electron chi connectivity index (χ1n) is 15.5. The molecular formula is C30H54N4O9S2. The highest BCUT2D eigenvalue weighted by atomic mass is 32.2. The van der Waals surface area contributed by atoms with Crippen molar-refractivity contribution in [3.63, 3.8) is 0 Å². The number of hydrogen-bond acceptors (Lipinski definition) is 12. The number of aliphatic carboxylic acids is 1. The van der Waals surface area contributed by atoms with Gasteiger partial charge < -0.3 is 35.3 Å². The van der Waals surface area contributed by atoms with Crippen molar-refractivity contribution in [3.8, 4) is 0 Å². The summed E-state index contributed by atoms with van der Waals surface area (Å²) in [5, 5.41) is 22.1. The van der Waals surface area contributed by atoms with E-state index in [0.717, 1.165) is 12.8 Å². The third-order valence-electron chi connectivity index (χ3n) is 6.86. The Kier molecular flexibility index (Phi) is 19.9. The SMILES string of the molecule is CCC(=O)CNCOC(C)(C)CCC(=O)NC(CSC1CCC1SCC(NC(C)(C)C)C(=O)NCCOCCOC=O)C(=O)O. The quantitative estimate of drug-likeness (QED) is 0.0507. The Labute approximate surface area is 276 Å². The van der Waals surface area contributed by atoms with Gasteiger partial charge >= 0.3 is 5.97 Å². The number of hydrogen-bond donors (Lipinski definition) is 5. The number of nitrogens with one attached hydrogen (secondary N) is 4. The first-order chi connectivity index (χ1) is 21.2. The van der Waals surface area contributed by atoms with E-state index in [2.05, 4.69) is 26.0 Å². The molecule has 45 heavy (non-hydrogen) atoms. The van der Waals surface area contributed by atoms with Crippen LogP contribution in [0.5, 0.6) is 0 Å². The largest absolute Gasteiger partial charge is 0.480 e. The zero-order valence-electron chi connectivity index (χ0n) is 27.6. The molecule has 4 unspecified atom stereocenters. The van der Waals surface area contributed by atoms with Gasteiger partial charge in [-0.05, 0) is 53.9 Å². The van der Waals surface area contributed by atoms with Crippen molar-refractivity contribution in [2.24, 2.45) is 0 Å². The maximum absolute atomic E-state index is 12.9. The van der Waals surface area contributed by atoms with Crippen molar-refractivity contribution in [1.82, 2.24) is 21.3 Å². The second-order valence-electron chi connectivity index (χ2n) is 12.5. The number of carboxylic acid groups (broad SMARTS) is 1. The van der Waals surface area contributed by atoms with Gasteiger partial charge in [-0.3, -0.25) is 24.5 Å². The monoisotopic (exact) mass is 678 g/mol. The summed E-state index contributed by atoms with van der Waals surface area (Å²) in [4.78, 5) is 59.0. The molecule has 1 aliphatic carbocycles. The van der Waals surface area contributed by atoms with E-state index in [1.807, 2.05) is 34.6 Å². The van der Waals surface area contributed by atoms with Crippen LogP contribution in [0.3, 0.4) is 0 Å². The molecule has 0 aromatic rings. The summed E-state index contributed by atoms with van der Waals surface area (Å²) in [5.74, 6) is -0.663. The first-order valence-corrected chi connectivity index (χ1v) is 17.6. The summed E-state index contributed by atoms with van der Waals surface area (Å²) < 4.78 is 15.6. The molecule has 1 rings (SSSR count). The molecule has 5 N–H and O–H groups in total. The second kappa shape index (κ2) is 21.8. The van der Waals surface area contributed by atoms with E-state index in [4.69, 9.17) is 9.47 Å². The molecule has 0 aliphatic heterocycles. The van der Waals surface area contributed by atoms with E-state index in [0.29, 0.717) is 38.2 Å². The fraction of sp³-hybridized carbons (Fsp3) is 0.833. The molecule has 0 saturated heterocycles. The zero-order chi connectivity index (χ0) is 33.9. The molecule has 1 saturated carbocycles. The highest BCUT2D eigenvalue weighted by Gasteiger charge is 2.35. The van der Waals surface area contributed by atoms with E-state index >= 15 is 0 Å². The number of carbonyl (C=O) groups is 5. The van der Waals surface area contributed by atoms with Crippen LogP contribution in [0.15, 0.2) is 0 Å². The van der Waals surface area contributed by atoms with Crippen molar-refractivity contribution in [1.29, 1.82) is 0 Å². The number of amides is 2. The van der Waals surface area contributed by atoms with Crippen LogP contribution in [0, 0.1) is 0 Å². The Morgan fingerprint density at radius 2 is 1.62 bits per heavy atom. The molecule has 0 aromatic carbocycles. The van der Waals surface area contributed by atoms with Crippen molar-refractivity contribution in [3.05, 3.63) is 0 Å². The van der Waals surface area contributed by atoms with Crippen LogP contribution >= 0.6 is 23.5 Å². The van der Waals surface area contributed by atoms with Crippen LogP contribution in [-0.4, -0.2) is 120 Å². The molecule has 0 aromatic heterocycles. The summed E-state index contributed by atoms with van der Waals surface area (Å²) in [7, 11) is 0. The van der Waals surface area contributed by atoms with E-state index in [9.17, 15) is 29.1 Å². The van der Waals surface area contributed by atoms with Crippen LogP contribution in [0.2, 0.25) is 0 Å². The Morgan fingerprint density at radius 3 is 2.18 bits per heavy atom. The molecular weight excluding hydrogens is 624 g/mol. The van der Waals surface area contributed by atoms with Crippen LogP contribution < -0.4 is 21.3 Å². The minimum atomic E-state index is -1.08. The molecule has 0 heterocycles. The van der Waals surface area contributed by atoms with Gasteiger partial charge in [0.05, 0.1) is 38.1 Å². The lowest BCUT2D eigenvalue weighted by molar-refractivity contribution is -0.141. The van der Waals surface area contributed by atoms with E-state index < -0.39 is 23.7 Å². The van der Waals surface area contributed by atoms with Crippen LogP contribution in [0.25, 0.3) is 0 Å². The maximum atomic E-state index is 12.9. The Bertz CT molecular complexity index is 934. The number of rotatable bonds is 26. The second-order valence-corrected chi connectivity index (χ2v) is 15.0. The fourth-order valence-corrected chi connectivity index (χ4v) is 7.20. The molecule has 0 bridgehead atoms. The molecule has 15 heteroatoms. The van der Waals surface area contributed by atoms with Gasteiger partial charge in [-0.25, -0.2) is 4.79 Å². The Morgan fingerprint density at radius 1 is 0.978 bits per heavy atom. The number of ether oxygens (including phenoxy) is 3. The number of ketones is 1. The van der Waals surface area contributed by atoms with Gasteiger partial charge in [0, 0.05) is 46.9 Å². The minimum absolute atomic E-state index is 0.0866. The Hall–Kier alpha value is -1.91. The summed E-state index contributed by atoms with van der Waals surface area (Å²) in [6, 6.07) is -1.43. The fourth-order valence-electron chi connectivity index (χ4n) is 4.08. The molecule has 0 spiro atoms. The summed E-state index contributed by atoms with van der Waals surface area (Å²) in [6.07, 6.45) is 2.88. The van der Waals surface area contributed by atoms with Crippen molar-refractivity contribution < 1.29 is 43.3 Å². The van der Waals surface area contributed by atoms with Crippen molar-refractivity contribution in [2.75, 3.05) is 51.1 Å². The highest BCUT2D eigenvalue weighted by Crippen LogP contribution is 2.40. The van der Waals surface area contributed by atoms with Crippen molar-refractivity contribution in [2.45, 2.75) is 107 Å². The van der Waals surface area contributed by atoms with E-state index in [1.54, 1.807) is 30.4 Å².